The maximum absolute atomic E-state index is 12.6. The highest BCUT2D eigenvalue weighted by atomic mass is 32.2. The molecule has 130 valence electrons. The van der Waals surface area contributed by atoms with Crippen molar-refractivity contribution in [2.75, 3.05) is 13.1 Å². The number of sulfonamides is 1. The fourth-order valence-corrected chi connectivity index (χ4v) is 4.90. The number of rotatable bonds is 4. The van der Waals surface area contributed by atoms with E-state index in [-0.39, 0.29) is 23.2 Å². The van der Waals surface area contributed by atoms with Crippen molar-refractivity contribution < 1.29 is 17.6 Å². The second-order valence-electron chi connectivity index (χ2n) is 6.41. The zero-order valence-corrected chi connectivity index (χ0v) is 14.3. The van der Waals surface area contributed by atoms with Crippen molar-refractivity contribution in [1.82, 2.24) is 24.1 Å². The average Bonchev–Trinajstić information content (AvgIpc) is 3.23. The quantitative estimate of drug-likeness (QED) is 0.770. The van der Waals surface area contributed by atoms with Crippen LogP contribution in [0.3, 0.4) is 0 Å². The van der Waals surface area contributed by atoms with Crippen molar-refractivity contribution in [3.05, 3.63) is 24.3 Å². The van der Waals surface area contributed by atoms with Crippen LogP contribution in [-0.2, 0) is 28.2 Å². The Labute approximate surface area is 139 Å². The summed E-state index contributed by atoms with van der Waals surface area (Å²) < 4.78 is 39.7. The molecule has 2 aromatic heterocycles. The number of aryl methyl sites for hydroxylation is 2. The smallest absolute Gasteiger partial charge is 0.262 e. The fraction of sp³-hybridized carbons (Fsp3) is 0.643. The molecule has 2 aliphatic heterocycles. The molecule has 0 radical (unpaired) electrons. The molecule has 4 heterocycles. The van der Waals surface area contributed by atoms with Gasteiger partial charge in [-0.2, -0.15) is 4.31 Å². The topological polar surface area (TPSA) is 103 Å². The van der Waals surface area contributed by atoms with E-state index in [9.17, 15) is 8.42 Å². The van der Waals surface area contributed by atoms with Gasteiger partial charge in [-0.25, -0.2) is 13.4 Å². The Morgan fingerprint density at radius 2 is 2.17 bits per heavy atom. The zero-order chi connectivity index (χ0) is 16.9. The van der Waals surface area contributed by atoms with E-state index < -0.39 is 10.0 Å². The lowest BCUT2D eigenvalue weighted by molar-refractivity contribution is 0.0407. The maximum atomic E-state index is 12.6. The molecular weight excluding hydrogens is 334 g/mol. The average molecular weight is 353 g/mol. The Morgan fingerprint density at radius 1 is 1.33 bits per heavy atom. The van der Waals surface area contributed by atoms with Gasteiger partial charge in [-0.05, 0) is 6.42 Å². The van der Waals surface area contributed by atoms with Crippen LogP contribution in [0.2, 0.25) is 0 Å². The van der Waals surface area contributed by atoms with E-state index >= 15 is 0 Å². The third-order valence-electron chi connectivity index (χ3n) is 4.54. The number of fused-ring (bicyclic) bond motifs is 1. The molecule has 4 rings (SSSR count). The molecule has 0 aliphatic carbocycles. The van der Waals surface area contributed by atoms with Gasteiger partial charge >= 0.3 is 0 Å². The minimum atomic E-state index is -3.55. The van der Waals surface area contributed by atoms with Crippen LogP contribution in [0.15, 0.2) is 22.0 Å². The van der Waals surface area contributed by atoms with Gasteiger partial charge in [0.1, 0.15) is 0 Å². The second kappa shape index (κ2) is 5.64. The summed E-state index contributed by atoms with van der Waals surface area (Å²) in [6, 6.07) is 0. The predicted molar refractivity (Wildman–Crippen MR) is 81.5 cm³/mol. The van der Waals surface area contributed by atoms with Gasteiger partial charge in [0.2, 0.25) is 11.8 Å². The van der Waals surface area contributed by atoms with Crippen LogP contribution in [0, 0.1) is 12.8 Å². The first kappa shape index (κ1) is 15.7. The standard InChI is InChI=1S/C14H19N5O4S/c1-9-16-17-13(22-9)4-11-3-10-5-19(6-12(10)23-11)24(20,21)14-7-18(2)8-15-14/h7-8,10-12H,3-6H2,1-2H3/t10-,11-,12+/m0/s1. The second-order valence-corrected chi connectivity index (χ2v) is 8.30. The molecule has 2 saturated heterocycles. The van der Waals surface area contributed by atoms with E-state index in [1.54, 1.807) is 18.5 Å². The summed E-state index contributed by atoms with van der Waals surface area (Å²) >= 11 is 0. The van der Waals surface area contributed by atoms with Crippen LogP contribution in [0.4, 0.5) is 0 Å². The van der Waals surface area contributed by atoms with E-state index in [4.69, 9.17) is 9.15 Å². The Hall–Kier alpha value is -1.78. The van der Waals surface area contributed by atoms with Crippen molar-refractivity contribution in [3.8, 4) is 0 Å². The summed E-state index contributed by atoms with van der Waals surface area (Å²) in [6.45, 7) is 2.58. The lowest BCUT2D eigenvalue weighted by atomic mass is 10.0. The minimum absolute atomic E-state index is 0.000413. The molecule has 3 atom stereocenters. The normalized spacial score (nSPS) is 27.7. The van der Waals surface area contributed by atoms with Gasteiger partial charge in [0.05, 0.1) is 25.0 Å². The third kappa shape index (κ3) is 2.74. The summed E-state index contributed by atoms with van der Waals surface area (Å²) in [7, 11) is -1.80. The fourth-order valence-electron chi connectivity index (χ4n) is 3.42. The van der Waals surface area contributed by atoms with Crippen LogP contribution in [-0.4, -0.2) is 57.8 Å². The first-order valence-corrected chi connectivity index (χ1v) is 9.28. The molecule has 10 heteroatoms. The lowest BCUT2D eigenvalue weighted by Crippen LogP contribution is -2.32. The van der Waals surface area contributed by atoms with Crippen LogP contribution in [0.25, 0.3) is 0 Å². The zero-order valence-electron chi connectivity index (χ0n) is 13.5. The molecule has 0 N–H and O–H groups in total. The van der Waals surface area contributed by atoms with Gasteiger partial charge in [0.15, 0.2) is 5.03 Å². The summed E-state index contributed by atoms with van der Waals surface area (Å²) in [6.07, 6.45) is 4.28. The highest BCUT2D eigenvalue weighted by Crippen LogP contribution is 2.36. The molecule has 0 amide bonds. The van der Waals surface area contributed by atoms with Crippen LogP contribution in [0.1, 0.15) is 18.2 Å². The molecule has 2 aliphatic rings. The molecule has 24 heavy (non-hydrogen) atoms. The summed E-state index contributed by atoms with van der Waals surface area (Å²) in [4.78, 5) is 3.96. The third-order valence-corrected chi connectivity index (χ3v) is 6.25. The molecule has 0 aromatic carbocycles. The number of aromatic nitrogens is 4. The predicted octanol–water partition coefficient (Wildman–Crippen LogP) is 0.132. The lowest BCUT2D eigenvalue weighted by Gasteiger charge is -2.17. The first-order valence-electron chi connectivity index (χ1n) is 7.84. The van der Waals surface area contributed by atoms with Crippen LogP contribution in [0.5, 0.6) is 0 Å². The van der Waals surface area contributed by atoms with Gasteiger partial charge in [-0.15, -0.1) is 10.2 Å². The molecule has 2 aromatic rings. The minimum Gasteiger partial charge on any atom is -0.426 e. The number of hydrogen-bond donors (Lipinski definition) is 0. The molecule has 9 nitrogen and oxygen atoms in total. The molecule has 0 spiro atoms. The van der Waals surface area contributed by atoms with Crippen molar-refractivity contribution >= 4 is 10.0 Å². The molecule has 0 bridgehead atoms. The number of imidazole rings is 1. The highest BCUT2D eigenvalue weighted by Gasteiger charge is 2.46. The largest absolute Gasteiger partial charge is 0.426 e. The molecule has 0 unspecified atom stereocenters. The van der Waals surface area contributed by atoms with Crippen molar-refractivity contribution in [2.24, 2.45) is 13.0 Å². The van der Waals surface area contributed by atoms with E-state index in [1.165, 1.54) is 16.8 Å². The van der Waals surface area contributed by atoms with E-state index in [0.717, 1.165) is 6.42 Å². The Kier molecular flexibility index (Phi) is 3.70. The Bertz CT molecular complexity index is 831. The Morgan fingerprint density at radius 3 is 2.79 bits per heavy atom. The van der Waals surface area contributed by atoms with Gasteiger partial charge < -0.3 is 13.7 Å². The van der Waals surface area contributed by atoms with Gasteiger partial charge in [0.25, 0.3) is 10.0 Å². The number of hydrogen-bond acceptors (Lipinski definition) is 7. The number of ether oxygens (including phenoxy) is 1. The van der Waals surface area contributed by atoms with E-state index in [0.29, 0.717) is 31.3 Å². The maximum Gasteiger partial charge on any atom is 0.262 e. The van der Waals surface area contributed by atoms with Gasteiger partial charge in [-0.3, -0.25) is 0 Å². The first-order chi connectivity index (χ1) is 11.4. The summed E-state index contributed by atoms with van der Waals surface area (Å²) in [5.41, 5.74) is 0. The summed E-state index contributed by atoms with van der Waals surface area (Å²) in [5.74, 6) is 1.30. The number of nitrogens with zero attached hydrogens (tertiary/aromatic N) is 5. The van der Waals surface area contributed by atoms with Crippen LogP contribution < -0.4 is 0 Å². The summed E-state index contributed by atoms with van der Waals surface area (Å²) in [5, 5.41) is 7.88. The van der Waals surface area contributed by atoms with Crippen LogP contribution >= 0.6 is 0 Å². The van der Waals surface area contributed by atoms with Gasteiger partial charge in [-0.1, -0.05) is 0 Å². The van der Waals surface area contributed by atoms with Gasteiger partial charge in [0, 0.05) is 39.2 Å². The van der Waals surface area contributed by atoms with E-state index in [2.05, 4.69) is 15.2 Å². The van der Waals surface area contributed by atoms with Crippen molar-refractivity contribution in [3.63, 3.8) is 0 Å². The highest BCUT2D eigenvalue weighted by molar-refractivity contribution is 7.89. The Balaban J connectivity index is 1.41. The van der Waals surface area contributed by atoms with Crippen molar-refractivity contribution in [2.45, 2.75) is 37.0 Å². The molecular formula is C14H19N5O4S. The SMILES string of the molecule is Cc1nnc(C[C@@H]2C[C@H]3CN(S(=O)(=O)c4cn(C)cn4)C[C@H]3O2)o1. The van der Waals surface area contributed by atoms with Crippen molar-refractivity contribution in [1.29, 1.82) is 0 Å². The molecule has 2 fully saturated rings. The monoisotopic (exact) mass is 353 g/mol. The molecule has 0 saturated carbocycles. The van der Waals surface area contributed by atoms with E-state index in [1.807, 2.05) is 0 Å².